The van der Waals surface area contributed by atoms with Crippen LogP contribution < -0.4 is 0 Å². The molecule has 0 aliphatic rings. The Kier molecular flexibility index (Phi) is 3.30. The first-order chi connectivity index (χ1) is 9.65. The summed E-state index contributed by atoms with van der Waals surface area (Å²) in [7, 11) is 0. The Balaban J connectivity index is 1.90. The zero-order valence-corrected chi connectivity index (χ0v) is 11.7. The van der Waals surface area contributed by atoms with Crippen LogP contribution in [-0.2, 0) is 0 Å². The second-order valence-electron chi connectivity index (χ2n) is 4.09. The first-order valence-corrected chi connectivity index (χ1v) is 7.03. The first-order valence-electron chi connectivity index (χ1n) is 5.77. The number of aromatic nitrogens is 2. The van der Waals surface area contributed by atoms with Crippen LogP contribution in [-0.4, -0.2) is 20.3 Å². The van der Waals surface area contributed by atoms with Crippen LogP contribution in [0.15, 0.2) is 41.9 Å². The number of phenolic OH excluding ortho intramolecular Hbond substituents is 1. The van der Waals surface area contributed by atoms with Gasteiger partial charge in [0.15, 0.2) is 15.9 Å². The van der Waals surface area contributed by atoms with Gasteiger partial charge in [0, 0.05) is 17.1 Å². The smallest absolute Gasteiger partial charge is 0.195 e. The first kappa shape index (κ1) is 12.9. The average molecular weight is 305 g/mol. The van der Waals surface area contributed by atoms with E-state index in [0.717, 1.165) is 4.96 Å². The minimum absolute atomic E-state index is 0.129. The van der Waals surface area contributed by atoms with E-state index >= 15 is 0 Å². The van der Waals surface area contributed by atoms with Gasteiger partial charge < -0.3 is 5.11 Å². The van der Waals surface area contributed by atoms with Crippen molar-refractivity contribution >= 4 is 39.8 Å². The number of thiazole rings is 1. The van der Waals surface area contributed by atoms with Crippen molar-refractivity contribution in [1.82, 2.24) is 9.38 Å². The van der Waals surface area contributed by atoms with Crippen molar-refractivity contribution in [3.05, 3.63) is 58.3 Å². The number of ketones is 1. The number of aromatic hydroxyl groups is 1. The summed E-state index contributed by atoms with van der Waals surface area (Å²) in [5.41, 5.74) is 1.18. The zero-order chi connectivity index (χ0) is 14.1. The summed E-state index contributed by atoms with van der Waals surface area (Å²) >= 11 is 7.51. The standard InChI is InChI=1S/C14H9ClN2O2S/c15-13-11(17-7-8-20-14(17)16-13)5-6-12(19)9-1-3-10(18)4-2-9/h1-8,18H/b6-5+. The van der Waals surface area contributed by atoms with Crippen LogP contribution >= 0.6 is 22.9 Å². The quantitative estimate of drug-likeness (QED) is 0.593. The van der Waals surface area contributed by atoms with Crippen LogP contribution in [0, 0.1) is 0 Å². The molecule has 0 aliphatic heterocycles. The molecule has 20 heavy (non-hydrogen) atoms. The highest BCUT2D eigenvalue weighted by Crippen LogP contribution is 2.22. The van der Waals surface area contributed by atoms with Gasteiger partial charge in [-0.3, -0.25) is 9.20 Å². The minimum Gasteiger partial charge on any atom is -0.508 e. The molecular weight excluding hydrogens is 296 g/mol. The average Bonchev–Trinajstić information content (AvgIpc) is 2.98. The van der Waals surface area contributed by atoms with Gasteiger partial charge in [-0.2, -0.15) is 0 Å². The fourth-order valence-corrected chi connectivity index (χ4v) is 2.81. The predicted octanol–water partition coefficient (Wildman–Crippen LogP) is 3.65. The lowest BCUT2D eigenvalue weighted by Crippen LogP contribution is -1.93. The highest BCUT2D eigenvalue weighted by atomic mass is 35.5. The number of hydrogen-bond donors (Lipinski definition) is 1. The maximum Gasteiger partial charge on any atom is 0.195 e. The van der Waals surface area contributed by atoms with Crippen molar-refractivity contribution in [1.29, 1.82) is 0 Å². The molecular formula is C14H9ClN2O2S. The fraction of sp³-hybridized carbons (Fsp3) is 0. The van der Waals surface area contributed by atoms with Crippen molar-refractivity contribution in [2.75, 3.05) is 0 Å². The lowest BCUT2D eigenvalue weighted by atomic mass is 10.1. The number of fused-ring (bicyclic) bond motifs is 1. The van der Waals surface area contributed by atoms with Crippen molar-refractivity contribution in [3.63, 3.8) is 0 Å². The Morgan fingerprint density at radius 1 is 1.35 bits per heavy atom. The summed E-state index contributed by atoms with van der Waals surface area (Å²) in [4.78, 5) is 17.0. The van der Waals surface area contributed by atoms with E-state index in [-0.39, 0.29) is 11.5 Å². The molecule has 100 valence electrons. The molecule has 0 saturated heterocycles. The van der Waals surface area contributed by atoms with Crippen LogP contribution in [0.4, 0.5) is 0 Å². The number of halogens is 1. The Bertz CT molecular complexity index is 802. The van der Waals surface area contributed by atoms with Gasteiger partial charge in [0.05, 0.1) is 5.69 Å². The van der Waals surface area contributed by atoms with E-state index in [1.807, 2.05) is 16.0 Å². The van der Waals surface area contributed by atoms with Gasteiger partial charge in [-0.25, -0.2) is 4.98 Å². The summed E-state index contributed by atoms with van der Waals surface area (Å²) in [5.74, 6) is -0.0319. The summed E-state index contributed by atoms with van der Waals surface area (Å²) in [6.07, 6.45) is 4.94. The molecule has 0 unspecified atom stereocenters. The van der Waals surface area contributed by atoms with Gasteiger partial charge in [0.1, 0.15) is 5.75 Å². The van der Waals surface area contributed by atoms with E-state index in [9.17, 15) is 9.90 Å². The van der Waals surface area contributed by atoms with Gasteiger partial charge in [0.25, 0.3) is 0 Å². The van der Waals surface area contributed by atoms with Crippen LogP contribution in [0.3, 0.4) is 0 Å². The van der Waals surface area contributed by atoms with E-state index in [2.05, 4.69) is 4.98 Å². The summed E-state index contributed by atoms with van der Waals surface area (Å²) in [6, 6.07) is 6.09. The van der Waals surface area contributed by atoms with Gasteiger partial charge in [-0.05, 0) is 36.4 Å². The Hall–Kier alpha value is -2.11. The highest BCUT2D eigenvalue weighted by molar-refractivity contribution is 7.15. The minimum atomic E-state index is -0.161. The predicted molar refractivity (Wildman–Crippen MR) is 79.6 cm³/mol. The van der Waals surface area contributed by atoms with Crippen molar-refractivity contribution in [2.24, 2.45) is 0 Å². The lowest BCUT2D eigenvalue weighted by molar-refractivity contribution is 0.104. The number of phenols is 1. The maximum atomic E-state index is 12.0. The largest absolute Gasteiger partial charge is 0.508 e. The molecule has 4 nitrogen and oxygen atoms in total. The molecule has 0 amide bonds. The maximum absolute atomic E-state index is 12.0. The van der Waals surface area contributed by atoms with Gasteiger partial charge in [-0.1, -0.05) is 11.6 Å². The zero-order valence-electron chi connectivity index (χ0n) is 10.2. The van der Waals surface area contributed by atoms with E-state index < -0.39 is 0 Å². The third-order valence-corrected chi connectivity index (χ3v) is 3.83. The second kappa shape index (κ2) is 5.11. The lowest BCUT2D eigenvalue weighted by Gasteiger charge is -1.96. The van der Waals surface area contributed by atoms with Crippen molar-refractivity contribution in [3.8, 4) is 5.75 Å². The topological polar surface area (TPSA) is 54.6 Å². The molecule has 0 saturated carbocycles. The Morgan fingerprint density at radius 2 is 2.10 bits per heavy atom. The fourth-order valence-electron chi connectivity index (χ4n) is 1.80. The number of nitrogens with zero attached hydrogens (tertiary/aromatic N) is 2. The molecule has 0 aliphatic carbocycles. The second-order valence-corrected chi connectivity index (χ2v) is 5.32. The normalized spacial score (nSPS) is 11.4. The molecule has 3 aromatic rings. The van der Waals surface area contributed by atoms with E-state index in [1.165, 1.54) is 29.5 Å². The van der Waals surface area contributed by atoms with E-state index in [1.54, 1.807) is 18.2 Å². The van der Waals surface area contributed by atoms with Gasteiger partial charge >= 0.3 is 0 Å². The molecule has 3 rings (SSSR count). The third kappa shape index (κ3) is 2.33. The Labute approximate surface area is 123 Å². The number of carbonyl (C=O) groups is 1. The molecule has 1 N–H and O–H groups in total. The molecule has 2 heterocycles. The van der Waals surface area contributed by atoms with Crippen LogP contribution in [0.2, 0.25) is 5.15 Å². The molecule has 0 atom stereocenters. The van der Waals surface area contributed by atoms with Crippen LogP contribution in [0.25, 0.3) is 11.0 Å². The van der Waals surface area contributed by atoms with Crippen LogP contribution in [0.1, 0.15) is 16.1 Å². The molecule has 0 spiro atoms. The van der Waals surface area contributed by atoms with Crippen LogP contribution in [0.5, 0.6) is 5.75 Å². The van der Waals surface area contributed by atoms with Crippen molar-refractivity contribution in [2.45, 2.75) is 0 Å². The van der Waals surface area contributed by atoms with E-state index in [4.69, 9.17) is 11.6 Å². The number of rotatable bonds is 3. The number of allylic oxidation sites excluding steroid dienone is 1. The number of hydrogen-bond acceptors (Lipinski definition) is 4. The molecule has 0 fully saturated rings. The SMILES string of the molecule is O=C(/C=C/c1c(Cl)nc2sccn12)c1ccc(O)cc1. The van der Waals surface area contributed by atoms with E-state index in [0.29, 0.717) is 16.4 Å². The molecule has 1 aromatic carbocycles. The molecule has 0 radical (unpaired) electrons. The van der Waals surface area contributed by atoms with Gasteiger partial charge in [0.2, 0.25) is 0 Å². The third-order valence-electron chi connectivity index (χ3n) is 2.80. The number of carbonyl (C=O) groups excluding carboxylic acids is 1. The monoisotopic (exact) mass is 304 g/mol. The highest BCUT2D eigenvalue weighted by Gasteiger charge is 2.09. The summed E-state index contributed by atoms with van der Waals surface area (Å²) in [6.45, 7) is 0. The Morgan fingerprint density at radius 3 is 2.85 bits per heavy atom. The van der Waals surface area contributed by atoms with Crippen molar-refractivity contribution < 1.29 is 9.90 Å². The molecule has 6 heteroatoms. The summed E-state index contributed by atoms with van der Waals surface area (Å²) in [5, 5.41) is 11.5. The van der Waals surface area contributed by atoms with Gasteiger partial charge in [-0.15, -0.1) is 11.3 Å². The summed E-state index contributed by atoms with van der Waals surface area (Å²) < 4.78 is 1.83. The molecule has 2 aromatic heterocycles. The number of benzene rings is 1. The number of imidazole rings is 1. The molecule has 0 bridgehead atoms.